The van der Waals surface area contributed by atoms with Gasteiger partial charge in [-0.3, -0.25) is 9.59 Å². The largest absolute Gasteiger partial charge is 0.353 e. The van der Waals surface area contributed by atoms with Crippen molar-refractivity contribution in [1.82, 2.24) is 14.9 Å². The summed E-state index contributed by atoms with van der Waals surface area (Å²) >= 11 is 5.95. The molecule has 29 heavy (non-hydrogen) atoms. The van der Waals surface area contributed by atoms with E-state index < -0.39 is 0 Å². The molecule has 1 aromatic carbocycles. The van der Waals surface area contributed by atoms with Crippen LogP contribution >= 0.6 is 11.6 Å². The van der Waals surface area contributed by atoms with Gasteiger partial charge in [-0.25, -0.2) is 9.97 Å². The predicted octanol–water partition coefficient (Wildman–Crippen LogP) is 2.71. The zero-order valence-electron chi connectivity index (χ0n) is 16.6. The molecule has 3 heterocycles. The number of hydrogen-bond acceptors (Lipinski definition) is 5. The van der Waals surface area contributed by atoms with Crippen molar-refractivity contribution in [2.75, 3.05) is 36.4 Å². The summed E-state index contributed by atoms with van der Waals surface area (Å²) < 4.78 is 0. The fourth-order valence-corrected chi connectivity index (χ4v) is 4.04. The lowest BCUT2D eigenvalue weighted by molar-refractivity contribution is -0.132. The fraction of sp³-hybridized carbons (Fsp3) is 0.429. The summed E-state index contributed by atoms with van der Waals surface area (Å²) in [5.74, 6) is 1.27. The number of rotatable bonds is 3. The number of nitrogens with one attached hydrogen (secondary N) is 1. The zero-order chi connectivity index (χ0) is 20.5. The van der Waals surface area contributed by atoms with Crippen LogP contribution in [-0.2, 0) is 16.0 Å². The Morgan fingerprint density at radius 2 is 1.86 bits per heavy atom. The molecule has 2 amide bonds. The van der Waals surface area contributed by atoms with E-state index in [1.165, 1.54) is 6.33 Å². The molecule has 1 aromatic heterocycles. The number of aromatic nitrogens is 2. The second-order valence-corrected chi connectivity index (χ2v) is 8.14. The molecule has 2 aliphatic heterocycles. The summed E-state index contributed by atoms with van der Waals surface area (Å²) in [6.45, 7) is 6.51. The summed E-state index contributed by atoms with van der Waals surface area (Å²) in [6, 6.07) is 7.45. The molecule has 4 rings (SSSR count). The van der Waals surface area contributed by atoms with Gasteiger partial charge in [-0.1, -0.05) is 30.7 Å². The molecular formula is C21H24ClN5O2. The highest BCUT2D eigenvalue weighted by Gasteiger charge is 2.31. The quantitative estimate of drug-likeness (QED) is 0.837. The fourth-order valence-electron chi connectivity index (χ4n) is 3.92. The normalized spacial score (nSPS) is 20.1. The lowest BCUT2D eigenvalue weighted by Gasteiger charge is -2.38. The number of benzene rings is 1. The minimum absolute atomic E-state index is 0.00578. The van der Waals surface area contributed by atoms with Gasteiger partial charge in [0, 0.05) is 42.7 Å². The van der Waals surface area contributed by atoms with E-state index in [0.717, 1.165) is 16.9 Å². The monoisotopic (exact) mass is 413 g/mol. The first-order chi connectivity index (χ1) is 13.9. The number of halogens is 1. The first-order valence-corrected chi connectivity index (χ1v) is 10.3. The van der Waals surface area contributed by atoms with E-state index >= 15 is 0 Å². The van der Waals surface area contributed by atoms with Crippen LogP contribution < -0.4 is 10.2 Å². The van der Waals surface area contributed by atoms with E-state index in [1.807, 2.05) is 43.0 Å². The number of amides is 2. The highest BCUT2D eigenvalue weighted by atomic mass is 35.5. The van der Waals surface area contributed by atoms with E-state index in [9.17, 15) is 9.59 Å². The number of nitrogens with zero attached hydrogens (tertiary/aromatic N) is 4. The maximum atomic E-state index is 12.9. The number of hydrogen-bond donors (Lipinski definition) is 1. The summed E-state index contributed by atoms with van der Waals surface area (Å²) in [7, 11) is 0. The zero-order valence-corrected chi connectivity index (χ0v) is 17.3. The van der Waals surface area contributed by atoms with Crippen LogP contribution in [-0.4, -0.2) is 52.9 Å². The van der Waals surface area contributed by atoms with Crippen molar-refractivity contribution < 1.29 is 9.59 Å². The van der Waals surface area contributed by atoms with Gasteiger partial charge in [0.1, 0.15) is 18.0 Å². The molecule has 1 fully saturated rings. The third-order valence-corrected chi connectivity index (χ3v) is 6.01. The Labute approximate surface area is 175 Å². The molecular weight excluding hydrogens is 390 g/mol. The Balaban J connectivity index is 1.44. The standard InChI is InChI=1S/C21H24ClN5O2/c1-13-11-17-18(25-20(13)28)23-12-24-19(17)26-7-9-27(10-8-26)21(29)14(2)15-3-5-16(22)6-4-15/h3-6,12-14H,7-11H2,1-2H3,(H,23,24,25,28)/t13?,14-/m1/s1. The van der Waals surface area contributed by atoms with E-state index in [0.29, 0.717) is 43.4 Å². The van der Waals surface area contributed by atoms with Crippen molar-refractivity contribution in [3.05, 3.63) is 46.7 Å². The van der Waals surface area contributed by atoms with Gasteiger partial charge in [0.15, 0.2) is 0 Å². The van der Waals surface area contributed by atoms with E-state index in [-0.39, 0.29) is 23.7 Å². The average molecular weight is 414 g/mol. The van der Waals surface area contributed by atoms with Crippen LogP contribution in [0.2, 0.25) is 5.02 Å². The number of fused-ring (bicyclic) bond motifs is 1. The number of piperazine rings is 1. The maximum absolute atomic E-state index is 12.9. The molecule has 2 aromatic rings. The van der Waals surface area contributed by atoms with Crippen molar-refractivity contribution in [2.45, 2.75) is 26.2 Å². The molecule has 0 bridgehead atoms. The lowest BCUT2D eigenvalue weighted by Crippen LogP contribution is -2.50. The van der Waals surface area contributed by atoms with Crippen LogP contribution in [0.5, 0.6) is 0 Å². The number of carbonyl (C=O) groups excluding carboxylic acids is 2. The highest BCUT2D eigenvalue weighted by molar-refractivity contribution is 6.30. The molecule has 0 aliphatic carbocycles. The SMILES string of the molecule is CC1Cc2c(ncnc2N2CCN(C(=O)[C@H](C)c3ccc(Cl)cc3)CC2)NC1=O. The second-order valence-electron chi connectivity index (χ2n) is 7.70. The third kappa shape index (κ3) is 3.92. The Kier molecular flexibility index (Phi) is 5.41. The predicted molar refractivity (Wildman–Crippen MR) is 112 cm³/mol. The average Bonchev–Trinajstić information content (AvgIpc) is 2.74. The van der Waals surface area contributed by atoms with E-state index in [1.54, 1.807) is 0 Å². The Morgan fingerprint density at radius 1 is 1.17 bits per heavy atom. The van der Waals surface area contributed by atoms with Gasteiger partial charge in [0.05, 0.1) is 5.92 Å². The smallest absolute Gasteiger partial charge is 0.229 e. The Hall–Kier alpha value is -2.67. The van der Waals surface area contributed by atoms with Crippen LogP contribution in [0, 0.1) is 5.92 Å². The molecule has 1 N–H and O–H groups in total. The van der Waals surface area contributed by atoms with Gasteiger partial charge in [-0.05, 0) is 31.0 Å². The highest BCUT2D eigenvalue weighted by Crippen LogP contribution is 2.31. The van der Waals surface area contributed by atoms with Gasteiger partial charge >= 0.3 is 0 Å². The molecule has 0 spiro atoms. The molecule has 1 unspecified atom stereocenters. The minimum Gasteiger partial charge on any atom is -0.353 e. The molecule has 0 saturated carbocycles. The van der Waals surface area contributed by atoms with Crippen LogP contribution in [0.15, 0.2) is 30.6 Å². The Bertz CT molecular complexity index is 925. The molecule has 1 saturated heterocycles. The molecule has 2 aliphatic rings. The number of anilines is 2. The van der Waals surface area contributed by atoms with Crippen molar-refractivity contribution in [2.24, 2.45) is 5.92 Å². The maximum Gasteiger partial charge on any atom is 0.229 e. The van der Waals surface area contributed by atoms with Gasteiger partial charge < -0.3 is 15.1 Å². The summed E-state index contributed by atoms with van der Waals surface area (Å²) in [4.78, 5) is 37.7. The second kappa shape index (κ2) is 7.99. The molecule has 7 nitrogen and oxygen atoms in total. The number of carbonyl (C=O) groups is 2. The Morgan fingerprint density at radius 3 is 2.55 bits per heavy atom. The first kappa shape index (κ1) is 19.6. The third-order valence-electron chi connectivity index (χ3n) is 5.75. The van der Waals surface area contributed by atoms with Crippen molar-refractivity contribution in [3.8, 4) is 0 Å². The summed E-state index contributed by atoms with van der Waals surface area (Å²) in [6.07, 6.45) is 2.12. The van der Waals surface area contributed by atoms with E-state index in [4.69, 9.17) is 11.6 Å². The van der Waals surface area contributed by atoms with Gasteiger partial charge in [0.2, 0.25) is 11.8 Å². The van der Waals surface area contributed by atoms with Crippen LogP contribution in [0.4, 0.5) is 11.6 Å². The molecule has 2 atom stereocenters. The molecule has 0 radical (unpaired) electrons. The van der Waals surface area contributed by atoms with Crippen LogP contribution in [0.25, 0.3) is 0 Å². The van der Waals surface area contributed by atoms with E-state index in [2.05, 4.69) is 20.2 Å². The first-order valence-electron chi connectivity index (χ1n) is 9.88. The van der Waals surface area contributed by atoms with Gasteiger partial charge in [0.25, 0.3) is 0 Å². The van der Waals surface area contributed by atoms with Gasteiger partial charge in [-0.2, -0.15) is 0 Å². The summed E-state index contributed by atoms with van der Waals surface area (Å²) in [5.41, 5.74) is 1.95. The van der Waals surface area contributed by atoms with Crippen LogP contribution in [0.3, 0.4) is 0 Å². The topological polar surface area (TPSA) is 78.4 Å². The van der Waals surface area contributed by atoms with Crippen molar-refractivity contribution in [1.29, 1.82) is 0 Å². The lowest BCUT2D eigenvalue weighted by atomic mass is 9.96. The molecule has 8 heteroatoms. The van der Waals surface area contributed by atoms with Gasteiger partial charge in [-0.15, -0.1) is 0 Å². The summed E-state index contributed by atoms with van der Waals surface area (Å²) in [5, 5.41) is 3.53. The van der Waals surface area contributed by atoms with Crippen molar-refractivity contribution >= 4 is 35.1 Å². The minimum atomic E-state index is -0.207. The van der Waals surface area contributed by atoms with Crippen molar-refractivity contribution in [3.63, 3.8) is 0 Å². The van der Waals surface area contributed by atoms with Crippen LogP contribution in [0.1, 0.15) is 30.9 Å². The molecule has 152 valence electrons.